The van der Waals surface area contributed by atoms with Gasteiger partial charge in [0.15, 0.2) is 0 Å². The molecule has 3 amide bonds. The van der Waals surface area contributed by atoms with Gasteiger partial charge >= 0.3 is 0 Å². The van der Waals surface area contributed by atoms with Gasteiger partial charge in [-0.3, -0.25) is 14.4 Å². The van der Waals surface area contributed by atoms with Crippen LogP contribution in [0.2, 0.25) is 0 Å². The van der Waals surface area contributed by atoms with Crippen LogP contribution in [0.25, 0.3) is 0 Å². The molecule has 2 aromatic carbocycles. The lowest BCUT2D eigenvalue weighted by molar-refractivity contribution is -0.130. The minimum absolute atomic E-state index is 0.0209. The van der Waals surface area contributed by atoms with Gasteiger partial charge in [0.05, 0.1) is 5.92 Å². The van der Waals surface area contributed by atoms with Gasteiger partial charge in [-0.15, -0.1) is 0 Å². The van der Waals surface area contributed by atoms with E-state index in [1.807, 2.05) is 53.4 Å². The Bertz CT molecular complexity index is 963. The maximum absolute atomic E-state index is 12.7. The summed E-state index contributed by atoms with van der Waals surface area (Å²) in [6, 6.07) is 15.6. The highest BCUT2D eigenvalue weighted by atomic mass is 16.2. The van der Waals surface area contributed by atoms with Crippen LogP contribution in [0.4, 0.5) is 11.4 Å². The molecule has 0 bridgehead atoms. The van der Waals surface area contributed by atoms with Gasteiger partial charge in [-0.05, 0) is 61.1 Å². The third-order valence-electron chi connectivity index (χ3n) is 6.46. The third-order valence-corrected chi connectivity index (χ3v) is 6.46. The zero-order valence-corrected chi connectivity index (χ0v) is 18.7. The monoisotopic (exact) mass is 433 g/mol. The summed E-state index contributed by atoms with van der Waals surface area (Å²) < 4.78 is 0. The predicted octanol–water partition coefficient (Wildman–Crippen LogP) is 3.80. The van der Waals surface area contributed by atoms with E-state index in [2.05, 4.69) is 12.2 Å². The van der Waals surface area contributed by atoms with Crippen LogP contribution in [0.5, 0.6) is 0 Å². The van der Waals surface area contributed by atoms with E-state index in [9.17, 15) is 14.4 Å². The van der Waals surface area contributed by atoms with Crippen molar-refractivity contribution in [1.82, 2.24) is 4.90 Å². The van der Waals surface area contributed by atoms with E-state index < -0.39 is 0 Å². The molecule has 0 radical (unpaired) electrons. The SMILES string of the molecule is CCc1ccc(N2CC(C(=O)Nc3ccc(CCC(=O)N4CCCC4)cc3)CC2=O)cc1. The quantitative estimate of drug-likeness (QED) is 0.722. The number of benzene rings is 2. The molecule has 1 atom stereocenters. The second-order valence-corrected chi connectivity index (χ2v) is 8.70. The lowest BCUT2D eigenvalue weighted by atomic mass is 10.1. The number of aryl methyl sites for hydroxylation is 2. The van der Waals surface area contributed by atoms with Crippen LogP contribution in [0, 0.1) is 5.92 Å². The molecule has 32 heavy (non-hydrogen) atoms. The summed E-state index contributed by atoms with van der Waals surface area (Å²) in [6.07, 6.45) is 4.60. The number of carbonyl (C=O) groups excluding carboxylic acids is 3. The van der Waals surface area contributed by atoms with Crippen molar-refractivity contribution in [3.63, 3.8) is 0 Å². The third kappa shape index (κ3) is 5.18. The molecule has 168 valence electrons. The highest BCUT2D eigenvalue weighted by molar-refractivity contribution is 6.03. The Kier molecular flexibility index (Phi) is 6.88. The number of hydrogen-bond donors (Lipinski definition) is 1. The smallest absolute Gasteiger partial charge is 0.229 e. The van der Waals surface area contributed by atoms with Crippen LogP contribution in [0.3, 0.4) is 0 Å². The molecular weight excluding hydrogens is 402 g/mol. The molecule has 6 heteroatoms. The predicted molar refractivity (Wildman–Crippen MR) is 125 cm³/mol. The topological polar surface area (TPSA) is 69.7 Å². The van der Waals surface area contributed by atoms with Crippen molar-refractivity contribution < 1.29 is 14.4 Å². The summed E-state index contributed by atoms with van der Waals surface area (Å²) in [5.74, 6) is -0.304. The molecule has 0 aliphatic carbocycles. The normalized spacial score (nSPS) is 18.3. The molecule has 6 nitrogen and oxygen atoms in total. The van der Waals surface area contributed by atoms with Gasteiger partial charge in [-0.1, -0.05) is 31.2 Å². The minimum atomic E-state index is -0.369. The number of amides is 3. The Morgan fingerprint density at radius 3 is 2.28 bits per heavy atom. The molecular formula is C26H31N3O3. The van der Waals surface area contributed by atoms with Gasteiger partial charge in [0.25, 0.3) is 0 Å². The van der Waals surface area contributed by atoms with E-state index in [0.29, 0.717) is 25.1 Å². The van der Waals surface area contributed by atoms with Gasteiger partial charge in [0, 0.05) is 43.9 Å². The number of nitrogens with zero attached hydrogens (tertiary/aromatic N) is 2. The first kappa shape index (κ1) is 22.1. The first-order valence-electron chi connectivity index (χ1n) is 11.6. The van der Waals surface area contributed by atoms with Crippen LogP contribution < -0.4 is 10.2 Å². The van der Waals surface area contributed by atoms with Gasteiger partial charge in [0.1, 0.15) is 0 Å². The summed E-state index contributed by atoms with van der Waals surface area (Å²) in [7, 11) is 0. The van der Waals surface area contributed by atoms with Crippen molar-refractivity contribution in [2.75, 3.05) is 29.9 Å². The zero-order valence-electron chi connectivity index (χ0n) is 18.7. The second kappa shape index (κ2) is 9.98. The maximum Gasteiger partial charge on any atom is 0.229 e. The number of carbonyl (C=O) groups is 3. The van der Waals surface area contributed by atoms with E-state index in [4.69, 9.17) is 0 Å². The van der Waals surface area contributed by atoms with Crippen molar-refractivity contribution in [1.29, 1.82) is 0 Å². The largest absolute Gasteiger partial charge is 0.343 e. The molecule has 0 spiro atoms. The molecule has 2 aliphatic rings. The molecule has 2 aliphatic heterocycles. The van der Waals surface area contributed by atoms with E-state index in [-0.39, 0.29) is 30.1 Å². The second-order valence-electron chi connectivity index (χ2n) is 8.70. The Morgan fingerprint density at radius 1 is 0.969 bits per heavy atom. The average Bonchev–Trinajstić information content (AvgIpc) is 3.49. The van der Waals surface area contributed by atoms with Crippen LogP contribution in [-0.2, 0) is 27.2 Å². The molecule has 0 aromatic heterocycles. The summed E-state index contributed by atoms with van der Waals surface area (Å²) in [6.45, 7) is 4.26. The fourth-order valence-electron chi connectivity index (χ4n) is 4.42. The summed E-state index contributed by atoms with van der Waals surface area (Å²) >= 11 is 0. The fraction of sp³-hybridized carbons (Fsp3) is 0.423. The Hall–Kier alpha value is -3.15. The van der Waals surface area contributed by atoms with Crippen LogP contribution in [0.15, 0.2) is 48.5 Å². The van der Waals surface area contributed by atoms with E-state index in [1.165, 1.54) is 5.56 Å². The van der Waals surface area contributed by atoms with E-state index in [0.717, 1.165) is 43.6 Å². The van der Waals surface area contributed by atoms with Gasteiger partial charge in [0.2, 0.25) is 17.7 Å². The summed E-state index contributed by atoms with van der Waals surface area (Å²) in [5.41, 5.74) is 3.85. The first-order chi connectivity index (χ1) is 15.5. The molecule has 2 saturated heterocycles. The van der Waals surface area contributed by atoms with Crippen LogP contribution in [0.1, 0.15) is 43.7 Å². The molecule has 0 saturated carbocycles. The molecule has 2 heterocycles. The van der Waals surface area contributed by atoms with Crippen LogP contribution >= 0.6 is 0 Å². The highest BCUT2D eigenvalue weighted by Gasteiger charge is 2.35. The minimum Gasteiger partial charge on any atom is -0.343 e. The van der Waals surface area contributed by atoms with Gasteiger partial charge in [-0.2, -0.15) is 0 Å². The Balaban J connectivity index is 1.28. The van der Waals surface area contributed by atoms with E-state index >= 15 is 0 Å². The van der Waals surface area contributed by atoms with Gasteiger partial charge < -0.3 is 15.1 Å². The molecule has 1 unspecified atom stereocenters. The summed E-state index contributed by atoms with van der Waals surface area (Å²) in [4.78, 5) is 41.1. The van der Waals surface area contributed by atoms with Crippen molar-refractivity contribution in [2.45, 2.75) is 45.4 Å². The zero-order chi connectivity index (χ0) is 22.5. The lowest BCUT2D eigenvalue weighted by Gasteiger charge is -2.17. The number of anilines is 2. The van der Waals surface area contributed by atoms with Crippen molar-refractivity contribution >= 4 is 29.1 Å². The van der Waals surface area contributed by atoms with Crippen molar-refractivity contribution in [3.8, 4) is 0 Å². The molecule has 1 N–H and O–H groups in total. The first-order valence-corrected chi connectivity index (χ1v) is 11.6. The number of hydrogen-bond acceptors (Lipinski definition) is 3. The Labute approximate surface area is 189 Å². The Morgan fingerprint density at radius 2 is 1.62 bits per heavy atom. The maximum atomic E-state index is 12.7. The van der Waals surface area contributed by atoms with Crippen molar-refractivity contribution in [2.24, 2.45) is 5.92 Å². The van der Waals surface area contributed by atoms with Crippen LogP contribution in [-0.4, -0.2) is 42.3 Å². The molecule has 2 fully saturated rings. The number of nitrogens with one attached hydrogen (secondary N) is 1. The molecule has 2 aromatic rings. The average molecular weight is 434 g/mol. The molecule has 4 rings (SSSR count). The highest BCUT2D eigenvalue weighted by Crippen LogP contribution is 2.26. The fourth-order valence-corrected chi connectivity index (χ4v) is 4.42. The van der Waals surface area contributed by atoms with E-state index in [1.54, 1.807) is 4.90 Å². The standard InChI is InChI=1S/C26H31N3O3/c1-2-19-7-12-23(13-8-19)29-18-21(17-25(29)31)26(32)27-22-10-5-20(6-11-22)9-14-24(30)28-15-3-4-16-28/h5-8,10-13,21H,2-4,9,14-18H2,1H3,(H,27,32). The number of rotatable bonds is 7. The summed E-state index contributed by atoms with van der Waals surface area (Å²) in [5, 5.41) is 2.94. The lowest BCUT2D eigenvalue weighted by Crippen LogP contribution is -2.28. The van der Waals surface area contributed by atoms with Gasteiger partial charge in [-0.25, -0.2) is 0 Å². The number of likely N-dealkylation sites (tertiary alicyclic amines) is 1. The van der Waals surface area contributed by atoms with Crippen molar-refractivity contribution in [3.05, 3.63) is 59.7 Å².